The highest BCUT2D eigenvalue weighted by atomic mass is 16.5. The maximum atomic E-state index is 10.3. The second-order valence-corrected chi connectivity index (χ2v) is 2.75. The highest BCUT2D eigenvalue weighted by Gasteiger charge is 2.13. The van der Waals surface area contributed by atoms with Crippen molar-refractivity contribution in [3.63, 3.8) is 0 Å². The maximum Gasteiger partial charge on any atom is 0.243 e. The van der Waals surface area contributed by atoms with Gasteiger partial charge < -0.3 is 15.8 Å². The molecule has 0 radical (unpaired) electrons. The molecule has 1 unspecified atom stereocenters. The summed E-state index contributed by atoms with van der Waals surface area (Å²) < 4.78 is 5.21. The molecular formula is C7H14N2O2. The minimum atomic E-state index is -0.393. The van der Waals surface area contributed by atoms with Crippen molar-refractivity contribution in [1.82, 2.24) is 5.32 Å². The Morgan fingerprint density at radius 1 is 1.73 bits per heavy atom. The molecular weight excluding hydrogens is 144 g/mol. The van der Waals surface area contributed by atoms with Gasteiger partial charge in [-0.3, -0.25) is 4.79 Å². The van der Waals surface area contributed by atoms with Crippen molar-refractivity contribution in [3.05, 3.63) is 0 Å². The quantitative estimate of drug-likeness (QED) is 0.567. The molecule has 4 nitrogen and oxygen atoms in total. The smallest absolute Gasteiger partial charge is 0.243 e. The normalized spacial score (nSPS) is 24.9. The van der Waals surface area contributed by atoms with Gasteiger partial charge in [-0.25, -0.2) is 0 Å². The maximum absolute atomic E-state index is 10.3. The Kier molecular flexibility index (Phi) is 3.32. The number of nitrogens with one attached hydrogen (secondary N) is 1. The summed E-state index contributed by atoms with van der Waals surface area (Å²) in [5.74, 6) is -0.393. The third-order valence-electron chi connectivity index (χ3n) is 1.71. The van der Waals surface area contributed by atoms with Gasteiger partial charge in [0.2, 0.25) is 5.91 Å². The van der Waals surface area contributed by atoms with Crippen LogP contribution >= 0.6 is 0 Å². The summed E-state index contributed by atoms with van der Waals surface area (Å²) in [6.45, 7) is 1.94. The summed E-state index contributed by atoms with van der Waals surface area (Å²) in [4.78, 5) is 10.3. The van der Waals surface area contributed by atoms with E-state index in [1.54, 1.807) is 0 Å². The molecule has 0 aromatic rings. The second-order valence-electron chi connectivity index (χ2n) is 2.75. The zero-order valence-corrected chi connectivity index (χ0v) is 6.51. The standard InChI is InChI=1S/C7H14N2O2/c8-7(10)5-11-6-2-1-3-9-4-6/h6,9H,1-5H2,(H2,8,10). The molecule has 0 spiro atoms. The van der Waals surface area contributed by atoms with Crippen molar-refractivity contribution >= 4 is 5.91 Å². The van der Waals surface area contributed by atoms with Crippen LogP contribution in [0.2, 0.25) is 0 Å². The van der Waals surface area contributed by atoms with Gasteiger partial charge in [0.05, 0.1) is 6.10 Å². The van der Waals surface area contributed by atoms with E-state index in [1.807, 2.05) is 0 Å². The lowest BCUT2D eigenvalue weighted by atomic mass is 10.1. The lowest BCUT2D eigenvalue weighted by molar-refractivity contribution is -0.124. The fourth-order valence-corrected chi connectivity index (χ4v) is 1.16. The molecule has 1 aliphatic heterocycles. The van der Waals surface area contributed by atoms with Crippen molar-refractivity contribution in [2.45, 2.75) is 18.9 Å². The molecule has 1 atom stereocenters. The van der Waals surface area contributed by atoms with E-state index in [2.05, 4.69) is 5.32 Å². The Hall–Kier alpha value is -0.610. The Morgan fingerprint density at radius 3 is 3.09 bits per heavy atom. The monoisotopic (exact) mass is 158 g/mol. The first-order valence-corrected chi connectivity index (χ1v) is 3.89. The molecule has 0 aromatic carbocycles. The number of hydrogen-bond donors (Lipinski definition) is 2. The number of carbonyl (C=O) groups is 1. The van der Waals surface area contributed by atoms with E-state index < -0.39 is 5.91 Å². The predicted molar refractivity (Wildman–Crippen MR) is 41.0 cm³/mol. The third kappa shape index (κ3) is 3.34. The van der Waals surface area contributed by atoms with Gasteiger partial charge >= 0.3 is 0 Å². The lowest BCUT2D eigenvalue weighted by Gasteiger charge is -2.22. The first-order chi connectivity index (χ1) is 5.29. The molecule has 0 saturated carbocycles. The summed E-state index contributed by atoms with van der Waals surface area (Å²) in [5, 5.41) is 3.18. The summed E-state index contributed by atoms with van der Waals surface area (Å²) in [5.41, 5.74) is 4.93. The average molecular weight is 158 g/mol. The van der Waals surface area contributed by atoms with Gasteiger partial charge in [0.15, 0.2) is 0 Å². The van der Waals surface area contributed by atoms with Crippen molar-refractivity contribution in [2.24, 2.45) is 5.73 Å². The van der Waals surface area contributed by atoms with E-state index in [0.717, 1.165) is 25.9 Å². The number of hydrogen-bond acceptors (Lipinski definition) is 3. The van der Waals surface area contributed by atoms with Crippen molar-refractivity contribution in [3.8, 4) is 0 Å². The molecule has 1 saturated heterocycles. The first-order valence-electron chi connectivity index (χ1n) is 3.89. The summed E-state index contributed by atoms with van der Waals surface area (Å²) in [6, 6.07) is 0. The van der Waals surface area contributed by atoms with Crippen molar-refractivity contribution in [1.29, 1.82) is 0 Å². The van der Waals surface area contributed by atoms with Crippen LogP contribution in [0.1, 0.15) is 12.8 Å². The Morgan fingerprint density at radius 2 is 2.55 bits per heavy atom. The average Bonchev–Trinajstić information content (AvgIpc) is 2.03. The third-order valence-corrected chi connectivity index (χ3v) is 1.71. The Balaban J connectivity index is 2.09. The minimum Gasteiger partial charge on any atom is -0.368 e. The van der Waals surface area contributed by atoms with Crippen molar-refractivity contribution in [2.75, 3.05) is 19.7 Å². The molecule has 1 fully saturated rings. The first kappa shape index (κ1) is 8.49. The molecule has 4 heteroatoms. The zero-order chi connectivity index (χ0) is 8.10. The summed E-state index contributed by atoms with van der Waals surface area (Å²) in [6.07, 6.45) is 2.32. The number of ether oxygens (including phenoxy) is 1. The molecule has 11 heavy (non-hydrogen) atoms. The van der Waals surface area contributed by atoms with Crippen LogP contribution in [0.3, 0.4) is 0 Å². The van der Waals surface area contributed by atoms with Crippen LogP contribution in [0.25, 0.3) is 0 Å². The van der Waals surface area contributed by atoms with Crippen LogP contribution in [0.4, 0.5) is 0 Å². The summed E-state index contributed by atoms with van der Waals surface area (Å²) >= 11 is 0. The van der Waals surface area contributed by atoms with Crippen LogP contribution in [-0.2, 0) is 9.53 Å². The van der Waals surface area contributed by atoms with E-state index >= 15 is 0 Å². The van der Waals surface area contributed by atoms with Crippen LogP contribution in [0.15, 0.2) is 0 Å². The van der Waals surface area contributed by atoms with Crippen LogP contribution in [0.5, 0.6) is 0 Å². The predicted octanol–water partition coefficient (Wildman–Crippen LogP) is -0.760. The van der Waals surface area contributed by atoms with Crippen LogP contribution < -0.4 is 11.1 Å². The van der Waals surface area contributed by atoms with Gasteiger partial charge in [-0.15, -0.1) is 0 Å². The molecule has 1 heterocycles. The highest BCUT2D eigenvalue weighted by Crippen LogP contribution is 2.04. The highest BCUT2D eigenvalue weighted by molar-refractivity contribution is 5.75. The minimum absolute atomic E-state index is 0.0480. The Bertz CT molecular complexity index is 132. The number of rotatable bonds is 3. The zero-order valence-electron chi connectivity index (χ0n) is 6.51. The molecule has 0 bridgehead atoms. The number of carbonyl (C=O) groups excluding carboxylic acids is 1. The molecule has 1 amide bonds. The van der Waals surface area contributed by atoms with Gasteiger partial charge in [-0.05, 0) is 19.4 Å². The number of nitrogens with two attached hydrogens (primary N) is 1. The van der Waals surface area contributed by atoms with Gasteiger partial charge in [-0.1, -0.05) is 0 Å². The fourth-order valence-electron chi connectivity index (χ4n) is 1.16. The number of primary amides is 1. The largest absolute Gasteiger partial charge is 0.368 e. The molecule has 64 valence electrons. The van der Waals surface area contributed by atoms with Gasteiger partial charge in [0.1, 0.15) is 6.61 Å². The van der Waals surface area contributed by atoms with Gasteiger partial charge in [0.25, 0.3) is 0 Å². The van der Waals surface area contributed by atoms with E-state index in [9.17, 15) is 4.79 Å². The molecule has 1 rings (SSSR count). The van der Waals surface area contributed by atoms with E-state index in [4.69, 9.17) is 10.5 Å². The fraction of sp³-hybridized carbons (Fsp3) is 0.857. The molecule has 3 N–H and O–H groups in total. The molecule has 0 aromatic heterocycles. The van der Waals surface area contributed by atoms with Gasteiger partial charge in [-0.2, -0.15) is 0 Å². The van der Waals surface area contributed by atoms with E-state index in [1.165, 1.54) is 0 Å². The van der Waals surface area contributed by atoms with E-state index in [0.29, 0.717) is 0 Å². The van der Waals surface area contributed by atoms with Crippen LogP contribution in [-0.4, -0.2) is 31.7 Å². The van der Waals surface area contributed by atoms with Crippen LogP contribution in [0, 0.1) is 0 Å². The second kappa shape index (κ2) is 4.31. The Labute approximate surface area is 66.1 Å². The molecule has 1 aliphatic rings. The van der Waals surface area contributed by atoms with E-state index in [-0.39, 0.29) is 12.7 Å². The lowest BCUT2D eigenvalue weighted by Crippen LogP contribution is -2.37. The van der Waals surface area contributed by atoms with Crippen molar-refractivity contribution < 1.29 is 9.53 Å². The molecule has 0 aliphatic carbocycles. The SMILES string of the molecule is NC(=O)COC1CCCNC1. The van der Waals surface area contributed by atoms with Gasteiger partial charge in [0, 0.05) is 6.54 Å². The number of piperidine rings is 1. The number of amides is 1. The summed E-state index contributed by atoms with van der Waals surface area (Å²) in [7, 11) is 0. The topological polar surface area (TPSA) is 64.4 Å².